The summed E-state index contributed by atoms with van der Waals surface area (Å²) in [6, 6.07) is 25.9. The van der Waals surface area contributed by atoms with Crippen molar-refractivity contribution in [2.24, 2.45) is 25.6 Å². The third-order valence-electron chi connectivity index (χ3n) is 7.82. The summed E-state index contributed by atoms with van der Waals surface area (Å²) in [5.41, 5.74) is 2.72. The first-order valence-corrected chi connectivity index (χ1v) is 19.8. The van der Waals surface area contributed by atoms with Gasteiger partial charge in [-0.2, -0.15) is 42.3 Å². The maximum atomic E-state index is 13.0. The van der Waals surface area contributed by atoms with Crippen molar-refractivity contribution in [3.05, 3.63) is 121 Å². The van der Waals surface area contributed by atoms with Crippen molar-refractivity contribution in [3.8, 4) is 16.9 Å². The summed E-state index contributed by atoms with van der Waals surface area (Å²) in [7, 11) is -13.5. The van der Waals surface area contributed by atoms with Crippen LogP contribution in [0.4, 0.5) is 22.7 Å². The van der Waals surface area contributed by atoms with Crippen molar-refractivity contribution < 1.29 is 72.9 Å². The van der Waals surface area contributed by atoms with E-state index >= 15 is 0 Å². The molecular weight excluding hydrogens is 784 g/mol. The first-order chi connectivity index (χ1) is 25.5. The van der Waals surface area contributed by atoms with Crippen molar-refractivity contribution in [2.75, 3.05) is 5.01 Å². The van der Waals surface area contributed by atoms with Crippen LogP contribution < -0.4 is 38.7 Å². The zero-order valence-electron chi connectivity index (χ0n) is 29.1. The molecule has 0 saturated heterocycles. The fourth-order valence-corrected chi connectivity index (χ4v) is 7.06. The van der Waals surface area contributed by atoms with Gasteiger partial charge in [-0.1, -0.05) is 35.9 Å². The molecule has 1 amide bonds. The van der Waals surface area contributed by atoms with Crippen LogP contribution in [0.5, 0.6) is 5.75 Å². The number of carbonyl (C=O) groups is 1. The molecule has 16 nitrogen and oxygen atoms in total. The molecule has 1 N–H and O–H groups in total. The van der Waals surface area contributed by atoms with E-state index in [4.69, 9.17) is 4.18 Å². The van der Waals surface area contributed by atoms with Crippen LogP contribution in [0.15, 0.2) is 156 Å². The van der Waals surface area contributed by atoms with Crippen LogP contribution in [-0.4, -0.2) is 52.0 Å². The van der Waals surface area contributed by atoms with E-state index in [0.29, 0.717) is 22.5 Å². The van der Waals surface area contributed by atoms with Gasteiger partial charge in [-0.15, -0.1) is 5.11 Å². The number of hydrazone groups is 1. The molecule has 55 heavy (non-hydrogen) atoms. The topological polar surface area (TPSA) is 237 Å². The summed E-state index contributed by atoms with van der Waals surface area (Å²) in [5.74, 6) is -0.521. The SMILES string of the molecule is CC1=NN(c2ccc(S(=O)(=O)O)cc2)C(=O)C1N=Nc1ccc(-c2ccc(N=Nc3ccc(OS(=O)(=O)c4ccc(C)cc4)cc3)c(S(=O)(=O)[O-])c2)cc1.[Na+]. The Bertz CT molecular complexity index is 2670. The molecule has 1 heterocycles. The zero-order chi connectivity index (χ0) is 38.8. The Hall–Kier alpha value is -4.99. The second-order valence-corrected chi connectivity index (χ2v) is 16.0. The van der Waals surface area contributed by atoms with E-state index in [9.17, 15) is 39.2 Å². The van der Waals surface area contributed by atoms with E-state index in [1.807, 2.05) is 6.92 Å². The molecule has 0 aliphatic carbocycles. The minimum Gasteiger partial charge on any atom is -0.744 e. The quantitative estimate of drug-likeness (QED) is 0.0875. The molecule has 1 unspecified atom stereocenters. The van der Waals surface area contributed by atoms with Gasteiger partial charge >= 0.3 is 39.7 Å². The van der Waals surface area contributed by atoms with Gasteiger partial charge < -0.3 is 8.74 Å². The molecule has 5 aromatic carbocycles. The summed E-state index contributed by atoms with van der Waals surface area (Å²) in [4.78, 5) is 12.0. The van der Waals surface area contributed by atoms with Gasteiger partial charge in [0.05, 0.1) is 32.6 Å². The summed E-state index contributed by atoms with van der Waals surface area (Å²) in [5, 5.41) is 21.4. The predicted octanol–water partition coefficient (Wildman–Crippen LogP) is 3.87. The summed E-state index contributed by atoms with van der Waals surface area (Å²) < 4.78 is 98.8. The molecule has 0 saturated carbocycles. The van der Waals surface area contributed by atoms with E-state index in [1.165, 1.54) is 54.6 Å². The predicted molar refractivity (Wildman–Crippen MR) is 195 cm³/mol. The van der Waals surface area contributed by atoms with Crippen LogP contribution >= 0.6 is 0 Å². The minimum atomic E-state index is -5.00. The average molecular weight is 811 g/mol. The number of rotatable bonds is 11. The molecule has 0 aromatic heterocycles. The van der Waals surface area contributed by atoms with Crippen molar-refractivity contribution >= 4 is 64.7 Å². The second kappa shape index (κ2) is 16.4. The third-order valence-corrected chi connectivity index (χ3v) is 10.8. The molecule has 276 valence electrons. The minimum absolute atomic E-state index is 0. The largest absolute Gasteiger partial charge is 1.00 e. The van der Waals surface area contributed by atoms with Crippen molar-refractivity contribution in [3.63, 3.8) is 0 Å². The molecule has 5 aromatic rings. The van der Waals surface area contributed by atoms with E-state index in [0.717, 1.165) is 28.8 Å². The normalized spacial score (nSPS) is 15.0. The fraction of sp³-hybridized carbons (Fsp3) is 0.0857. The number of carbonyl (C=O) groups excluding carboxylic acids is 1. The van der Waals surface area contributed by atoms with Gasteiger partial charge in [0.25, 0.3) is 16.0 Å². The first kappa shape index (κ1) is 41.2. The molecule has 1 aliphatic rings. The summed E-state index contributed by atoms with van der Waals surface area (Å²) in [6.45, 7) is 3.40. The van der Waals surface area contributed by atoms with E-state index in [-0.39, 0.29) is 62.2 Å². The molecular formula is C35H27N6NaO10S3. The number of anilines is 1. The first-order valence-electron chi connectivity index (χ1n) is 15.6. The van der Waals surface area contributed by atoms with Gasteiger partial charge in [-0.3, -0.25) is 9.35 Å². The van der Waals surface area contributed by atoms with Gasteiger partial charge in [-0.25, -0.2) is 8.42 Å². The van der Waals surface area contributed by atoms with Gasteiger partial charge in [-0.05, 0) is 110 Å². The average Bonchev–Trinajstić information content (AvgIpc) is 3.42. The molecule has 0 radical (unpaired) electrons. The molecule has 1 atom stereocenters. The third kappa shape index (κ3) is 9.82. The van der Waals surface area contributed by atoms with E-state index < -0.39 is 47.2 Å². The molecule has 0 spiro atoms. The molecule has 20 heteroatoms. The van der Waals surface area contributed by atoms with Gasteiger partial charge in [0.15, 0.2) is 6.04 Å². The Kier molecular flexibility index (Phi) is 12.3. The molecule has 1 aliphatic heterocycles. The number of hydrogen-bond acceptors (Lipinski definition) is 14. The number of benzene rings is 5. The van der Waals surface area contributed by atoms with Gasteiger partial charge in [0.2, 0.25) is 0 Å². The van der Waals surface area contributed by atoms with Crippen molar-refractivity contribution in [1.82, 2.24) is 0 Å². The van der Waals surface area contributed by atoms with Crippen molar-refractivity contribution in [2.45, 2.75) is 34.6 Å². The standard InChI is InChI=1S/C35H28N6O10S3.Na/c1-22-3-16-31(17-4-22)54(49,50)51-29-14-10-27(11-15-29)36-38-32-20-7-25(21-33(32)53(46,47)48)24-5-8-26(9-6-24)37-39-34-23(2)40-41(35(34)42)28-12-18-30(19-13-28)52(43,44)45;/h3-21,34H,1-2H3,(H,43,44,45)(H,46,47,48);/q;+1/p-1. The van der Waals surface area contributed by atoms with Crippen LogP contribution in [0.2, 0.25) is 0 Å². The fourth-order valence-electron chi connectivity index (χ4n) is 5.01. The Morgan fingerprint density at radius 2 is 1.27 bits per heavy atom. The number of aryl methyl sites for hydroxylation is 1. The second-order valence-electron chi connectivity index (χ2n) is 11.7. The maximum Gasteiger partial charge on any atom is 1.00 e. The Morgan fingerprint density at radius 1 is 0.709 bits per heavy atom. The zero-order valence-corrected chi connectivity index (χ0v) is 33.5. The maximum absolute atomic E-state index is 13.0. The summed E-state index contributed by atoms with van der Waals surface area (Å²) >= 11 is 0. The van der Waals surface area contributed by atoms with Gasteiger partial charge in [0.1, 0.15) is 26.5 Å². The number of amides is 1. The van der Waals surface area contributed by atoms with Crippen LogP contribution in [-0.2, 0) is 35.1 Å². The van der Waals surface area contributed by atoms with E-state index in [1.54, 1.807) is 49.4 Å². The van der Waals surface area contributed by atoms with Crippen LogP contribution in [0, 0.1) is 6.92 Å². The monoisotopic (exact) mass is 810 g/mol. The number of hydrogen-bond donors (Lipinski definition) is 1. The van der Waals surface area contributed by atoms with Gasteiger partial charge in [0, 0.05) is 0 Å². The van der Waals surface area contributed by atoms with Crippen LogP contribution in [0.25, 0.3) is 11.1 Å². The molecule has 0 fully saturated rings. The van der Waals surface area contributed by atoms with E-state index in [2.05, 4.69) is 25.6 Å². The Balaban J connectivity index is 0.00000580. The molecule has 0 bridgehead atoms. The number of azo groups is 2. The Labute approximate surface area is 338 Å². The summed E-state index contributed by atoms with van der Waals surface area (Å²) in [6.07, 6.45) is 0. The number of nitrogens with zero attached hydrogens (tertiary/aromatic N) is 6. The van der Waals surface area contributed by atoms with Crippen molar-refractivity contribution in [1.29, 1.82) is 0 Å². The van der Waals surface area contributed by atoms with Crippen LogP contribution in [0.3, 0.4) is 0 Å². The smallest absolute Gasteiger partial charge is 0.744 e. The van der Waals surface area contributed by atoms with Crippen LogP contribution in [0.1, 0.15) is 12.5 Å². The Morgan fingerprint density at radius 3 is 1.87 bits per heavy atom. The molecule has 6 rings (SSSR count).